The van der Waals surface area contributed by atoms with Gasteiger partial charge < -0.3 is 15.7 Å². The van der Waals surface area contributed by atoms with Gasteiger partial charge >= 0.3 is 0 Å². The van der Waals surface area contributed by atoms with Crippen LogP contribution in [0.15, 0.2) is 24.3 Å². The second-order valence-corrected chi connectivity index (χ2v) is 4.71. The molecule has 2 rings (SSSR count). The van der Waals surface area contributed by atoms with E-state index in [1.807, 2.05) is 31.2 Å². The van der Waals surface area contributed by atoms with Gasteiger partial charge in [-0.2, -0.15) is 4.98 Å². The molecule has 0 aliphatic carbocycles. The van der Waals surface area contributed by atoms with E-state index in [0.717, 1.165) is 29.7 Å². The van der Waals surface area contributed by atoms with Crippen molar-refractivity contribution in [2.75, 3.05) is 23.8 Å². The monoisotopic (exact) mass is 274 g/mol. The quantitative estimate of drug-likeness (QED) is 0.724. The number of benzene rings is 1. The molecule has 1 unspecified atom stereocenters. The average molecular weight is 274 g/mol. The van der Waals surface area contributed by atoms with Crippen molar-refractivity contribution in [1.29, 1.82) is 0 Å². The molecule has 0 saturated heterocycles. The molecular weight excluding hydrogens is 252 g/mol. The van der Waals surface area contributed by atoms with Crippen LogP contribution in [-0.4, -0.2) is 34.3 Å². The zero-order chi connectivity index (χ0) is 14.4. The highest BCUT2D eigenvalue weighted by Crippen LogP contribution is 2.23. The fourth-order valence-corrected chi connectivity index (χ4v) is 2.15. The Morgan fingerprint density at radius 1 is 1.20 bits per heavy atom. The summed E-state index contributed by atoms with van der Waals surface area (Å²) in [5.41, 5.74) is 0.916. The number of hydrogen-bond acceptors (Lipinski definition) is 5. The molecule has 1 atom stereocenters. The maximum Gasteiger partial charge on any atom is 0.225 e. The van der Waals surface area contributed by atoms with Crippen LogP contribution in [0.25, 0.3) is 10.9 Å². The van der Waals surface area contributed by atoms with Gasteiger partial charge in [-0.25, -0.2) is 4.98 Å². The smallest absolute Gasteiger partial charge is 0.225 e. The number of para-hydroxylation sites is 1. The first-order valence-corrected chi connectivity index (χ1v) is 7.16. The third-order valence-corrected chi connectivity index (χ3v) is 3.25. The molecule has 0 saturated carbocycles. The minimum Gasteiger partial charge on any atom is -0.396 e. The van der Waals surface area contributed by atoms with Gasteiger partial charge in [0.2, 0.25) is 5.95 Å². The van der Waals surface area contributed by atoms with Crippen LogP contribution in [0.3, 0.4) is 0 Å². The molecule has 20 heavy (non-hydrogen) atoms. The van der Waals surface area contributed by atoms with E-state index in [9.17, 15) is 0 Å². The van der Waals surface area contributed by atoms with Crippen LogP contribution in [0.2, 0.25) is 0 Å². The summed E-state index contributed by atoms with van der Waals surface area (Å²) in [5, 5.41) is 16.7. The van der Waals surface area contributed by atoms with E-state index in [1.54, 1.807) is 0 Å². The maximum absolute atomic E-state index is 9.11. The fraction of sp³-hybridized carbons (Fsp3) is 0.467. The number of aliphatic hydroxyl groups is 1. The van der Waals surface area contributed by atoms with Gasteiger partial charge in [-0.15, -0.1) is 0 Å². The molecule has 1 aromatic heterocycles. The van der Waals surface area contributed by atoms with Crippen molar-refractivity contribution >= 4 is 22.7 Å². The molecule has 1 heterocycles. The molecular formula is C15H22N4O. The molecule has 3 N–H and O–H groups in total. The van der Waals surface area contributed by atoms with E-state index in [4.69, 9.17) is 5.11 Å². The van der Waals surface area contributed by atoms with Crippen LogP contribution in [0.4, 0.5) is 11.8 Å². The molecule has 0 aliphatic heterocycles. The van der Waals surface area contributed by atoms with Gasteiger partial charge in [0, 0.05) is 24.6 Å². The Hall–Kier alpha value is -1.88. The number of nitrogens with one attached hydrogen (secondary N) is 2. The summed E-state index contributed by atoms with van der Waals surface area (Å²) in [6.07, 6.45) is 1.65. The molecule has 0 fully saturated rings. The van der Waals surface area contributed by atoms with E-state index >= 15 is 0 Å². The van der Waals surface area contributed by atoms with Crippen LogP contribution in [0.5, 0.6) is 0 Å². The summed E-state index contributed by atoms with van der Waals surface area (Å²) in [7, 11) is 0. The Labute approximate surface area is 119 Å². The van der Waals surface area contributed by atoms with Gasteiger partial charge in [0.25, 0.3) is 0 Å². The van der Waals surface area contributed by atoms with Gasteiger partial charge in [-0.05, 0) is 31.9 Å². The third-order valence-electron chi connectivity index (χ3n) is 3.25. The number of rotatable bonds is 7. The molecule has 0 aliphatic rings. The lowest BCUT2D eigenvalue weighted by atomic mass is 10.1. The zero-order valence-corrected chi connectivity index (χ0v) is 12.1. The van der Waals surface area contributed by atoms with Crippen molar-refractivity contribution in [3.63, 3.8) is 0 Å². The molecule has 5 nitrogen and oxygen atoms in total. The summed E-state index contributed by atoms with van der Waals surface area (Å²) in [6.45, 7) is 5.08. The van der Waals surface area contributed by atoms with Crippen molar-refractivity contribution in [3.05, 3.63) is 24.3 Å². The van der Waals surface area contributed by atoms with E-state index in [0.29, 0.717) is 12.4 Å². The first kappa shape index (κ1) is 14.5. The van der Waals surface area contributed by atoms with Crippen molar-refractivity contribution in [3.8, 4) is 0 Å². The Bertz CT molecular complexity index is 559. The molecule has 5 heteroatoms. The van der Waals surface area contributed by atoms with Crippen molar-refractivity contribution in [2.24, 2.45) is 0 Å². The topological polar surface area (TPSA) is 70.1 Å². The van der Waals surface area contributed by atoms with Gasteiger partial charge in [0.1, 0.15) is 5.82 Å². The van der Waals surface area contributed by atoms with Crippen molar-refractivity contribution in [1.82, 2.24) is 9.97 Å². The van der Waals surface area contributed by atoms with Crippen LogP contribution >= 0.6 is 0 Å². The van der Waals surface area contributed by atoms with E-state index in [1.165, 1.54) is 0 Å². The van der Waals surface area contributed by atoms with Crippen molar-refractivity contribution in [2.45, 2.75) is 32.7 Å². The molecule has 0 bridgehead atoms. The van der Waals surface area contributed by atoms with E-state index in [2.05, 4.69) is 27.5 Å². The lowest BCUT2D eigenvalue weighted by Gasteiger charge is -2.18. The summed E-state index contributed by atoms with van der Waals surface area (Å²) in [5.74, 6) is 1.46. The number of nitrogens with zero attached hydrogens (tertiary/aromatic N) is 2. The van der Waals surface area contributed by atoms with Crippen LogP contribution < -0.4 is 10.6 Å². The molecule has 108 valence electrons. The number of anilines is 2. The van der Waals surface area contributed by atoms with E-state index < -0.39 is 0 Å². The largest absolute Gasteiger partial charge is 0.396 e. The highest BCUT2D eigenvalue weighted by Gasteiger charge is 2.11. The Morgan fingerprint density at radius 2 is 2.00 bits per heavy atom. The highest BCUT2D eigenvalue weighted by molar-refractivity contribution is 5.90. The molecule has 0 radical (unpaired) electrons. The minimum atomic E-state index is 0.175. The summed E-state index contributed by atoms with van der Waals surface area (Å²) in [4.78, 5) is 9.04. The number of aromatic nitrogens is 2. The second kappa shape index (κ2) is 7.05. The predicted molar refractivity (Wildman–Crippen MR) is 83.1 cm³/mol. The lowest BCUT2D eigenvalue weighted by Crippen LogP contribution is -2.21. The standard InChI is InChI=1S/C15H22N4O/c1-3-11(9-10-20)17-14-12-7-5-6-8-13(12)18-15(19-14)16-4-2/h5-8,11,20H,3-4,9-10H2,1-2H3,(H2,16,17,18,19). The van der Waals surface area contributed by atoms with E-state index in [-0.39, 0.29) is 12.6 Å². The normalized spacial score (nSPS) is 12.3. The molecule has 0 spiro atoms. The predicted octanol–water partition coefficient (Wildman–Crippen LogP) is 2.63. The Balaban J connectivity index is 2.38. The van der Waals surface area contributed by atoms with Crippen LogP contribution in [-0.2, 0) is 0 Å². The van der Waals surface area contributed by atoms with Gasteiger partial charge in [0.05, 0.1) is 5.52 Å². The average Bonchev–Trinajstić information content (AvgIpc) is 2.47. The number of aliphatic hydroxyl groups excluding tert-OH is 1. The minimum absolute atomic E-state index is 0.175. The fourth-order valence-electron chi connectivity index (χ4n) is 2.15. The highest BCUT2D eigenvalue weighted by atomic mass is 16.3. The molecule has 2 aromatic rings. The second-order valence-electron chi connectivity index (χ2n) is 4.71. The zero-order valence-electron chi connectivity index (χ0n) is 12.1. The number of fused-ring (bicyclic) bond motifs is 1. The number of hydrogen-bond donors (Lipinski definition) is 3. The van der Waals surface area contributed by atoms with Crippen molar-refractivity contribution < 1.29 is 5.11 Å². The van der Waals surface area contributed by atoms with Gasteiger partial charge in [0.15, 0.2) is 0 Å². The SMILES string of the molecule is CCNc1nc(NC(CC)CCO)c2ccccc2n1. The van der Waals surface area contributed by atoms with Crippen LogP contribution in [0.1, 0.15) is 26.7 Å². The summed E-state index contributed by atoms with van der Waals surface area (Å²) in [6, 6.07) is 8.17. The first-order valence-electron chi connectivity index (χ1n) is 7.16. The summed E-state index contributed by atoms with van der Waals surface area (Å²) < 4.78 is 0. The van der Waals surface area contributed by atoms with Crippen LogP contribution in [0, 0.1) is 0 Å². The molecule has 0 amide bonds. The lowest BCUT2D eigenvalue weighted by molar-refractivity contribution is 0.278. The molecule has 1 aromatic carbocycles. The Kier molecular flexibility index (Phi) is 5.12. The van der Waals surface area contributed by atoms with Gasteiger partial charge in [-0.1, -0.05) is 19.1 Å². The first-order chi connectivity index (χ1) is 9.78. The summed E-state index contributed by atoms with van der Waals surface area (Å²) >= 11 is 0. The maximum atomic E-state index is 9.11. The Morgan fingerprint density at radius 3 is 2.70 bits per heavy atom. The third kappa shape index (κ3) is 3.36. The van der Waals surface area contributed by atoms with Gasteiger partial charge in [-0.3, -0.25) is 0 Å².